The minimum Gasteiger partial charge on any atom is -0.494 e. The fourth-order valence-corrected chi connectivity index (χ4v) is 4.97. The lowest BCUT2D eigenvalue weighted by Crippen LogP contribution is -2.38. The summed E-state index contributed by atoms with van der Waals surface area (Å²) in [6, 6.07) is 10.7. The summed E-state index contributed by atoms with van der Waals surface area (Å²) in [5, 5.41) is 0.136. The molecule has 1 unspecified atom stereocenters. The van der Waals surface area contributed by atoms with E-state index in [9.17, 15) is 14.0 Å². The predicted molar refractivity (Wildman–Crippen MR) is 134 cm³/mol. The molecular formula is C28H31FN2O5. The highest BCUT2D eigenvalue weighted by Gasteiger charge is 2.42. The first-order valence-corrected chi connectivity index (χ1v) is 12.7. The van der Waals surface area contributed by atoms with Crippen LogP contribution in [0.2, 0.25) is 0 Å². The van der Waals surface area contributed by atoms with Crippen molar-refractivity contribution in [3.63, 3.8) is 0 Å². The van der Waals surface area contributed by atoms with Crippen molar-refractivity contribution in [3.8, 4) is 5.75 Å². The Balaban J connectivity index is 1.51. The predicted octanol–water partition coefficient (Wildman–Crippen LogP) is 4.38. The van der Waals surface area contributed by atoms with Gasteiger partial charge in [-0.1, -0.05) is 25.5 Å². The molecule has 5 rings (SSSR count). The molecule has 0 bridgehead atoms. The summed E-state index contributed by atoms with van der Waals surface area (Å²) >= 11 is 0. The Bertz CT molecular complexity index is 1300. The molecule has 7 nitrogen and oxygen atoms in total. The highest BCUT2D eigenvalue weighted by atomic mass is 19.1. The lowest BCUT2D eigenvalue weighted by molar-refractivity contribution is 0.0353. The van der Waals surface area contributed by atoms with Crippen LogP contribution in [0.3, 0.4) is 0 Å². The summed E-state index contributed by atoms with van der Waals surface area (Å²) in [5.41, 5.74) is 0.858. The van der Waals surface area contributed by atoms with Crippen LogP contribution in [-0.4, -0.2) is 61.7 Å². The van der Waals surface area contributed by atoms with Crippen LogP contribution in [0.4, 0.5) is 4.39 Å². The number of halogens is 1. The molecule has 1 atom stereocenters. The zero-order chi connectivity index (χ0) is 25.1. The number of unbranched alkanes of at least 4 members (excludes halogenated alkanes) is 1. The summed E-state index contributed by atoms with van der Waals surface area (Å²) in [5.74, 6) is -0.124. The SMILES string of the molecule is CCCCOc1cccc(C2c3c(oc4ccc(F)cc4c3=O)C(=O)N2CCCN2CCOCC2)c1. The van der Waals surface area contributed by atoms with Gasteiger partial charge < -0.3 is 18.8 Å². The lowest BCUT2D eigenvalue weighted by Gasteiger charge is -2.29. The van der Waals surface area contributed by atoms with Crippen molar-refractivity contribution in [3.05, 3.63) is 75.4 Å². The minimum atomic E-state index is -0.629. The second kappa shape index (κ2) is 10.8. The Morgan fingerprint density at radius 3 is 2.69 bits per heavy atom. The van der Waals surface area contributed by atoms with Crippen LogP contribution in [-0.2, 0) is 4.74 Å². The largest absolute Gasteiger partial charge is 0.494 e. The van der Waals surface area contributed by atoms with Gasteiger partial charge in [-0.15, -0.1) is 0 Å². The number of benzene rings is 2. The third-order valence-electron chi connectivity index (χ3n) is 6.85. The number of nitrogens with zero attached hydrogens (tertiary/aromatic N) is 2. The number of fused-ring (bicyclic) bond motifs is 2. The molecule has 3 heterocycles. The van der Waals surface area contributed by atoms with Gasteiger partial charge in [0.15, 0.2) is 5.43 Å². The van der Waals surface area contributed by atoms with Crippen molar-refractivity contribution in [1.82, 2.24) is 9.80 Å². The first-order chi connectivity index (χ1) is 17.6. The van der Waals surface area contributed by atoms with Gasteiger partial charge in [0.25, 0.3) is 5.91 Å². The molecule has 2 aliphatic heterocycles. The molecule has 0 saturated carbocycles. The van der Waals surface area contributed by atoms with Crippen molar-refractivity contribution in [2.24, 2.45) is 0 Å². The first-order valence-electron chi connectivity index (χ1n) is 12.7. The Labute approximate surface area is 209 Å². The number of rotatable bonds is 9. The average molecular weight is 495 g/mol. The Kier molecular flexibility index (Phi) is 7.34. The van der Waals surface area contributed by atoms with Crippen LogP contribution in [0.5, 0.6) is 5.75 Å². The highest BCUT2D eigenvalue weighted by Crippen LogP contribution is 2.39. The maximum atomic E-state index is 14.0. The molecule has 0 radical (unpaired) electrons. The maximum Gasteiger partial charge on any atom is 0.290 e. The van der Waals surface area contributed by atoms with Gasteiger partial charge in [-0.3, -0.25) is 14.5 Å². The van der Waals surface area contributed by atoms with E-state index in [-0.39, 0.29) is 33.6 Å². The second-order valence-corrected chi connectivity index (χ2v) is 9.30. The van der Waals surface area contributed by atoms with Crippen molar-refractivity contribution in [1.29, 1.82) is 0 Å². The lowest BCUT2D eigenvalue weighted by atomic mass is 9.98. The van der Waals surface area contributed by atoms with E-state index in [4.69, 9.17) is 13.9 Å². The van der Waals surface area contributed by atoms with E-state index in [1.165, 1.54) is 18.2 Å². The molecule has 0 spiro atoms. The number of amides is 1. The zero-order valence-electron chi connectivity index (χ0n) is 20.5. The van der Waals surface area contributed by atoms with E-state index < -0.39 is 11.9 Å². The van der Waals surface area contributed by atoms with Crippen molar-refractivity contribution >= 4 is 16.9 Å². The smallest absolute Gasteiger partial charge is 0.290 e. The molecule has 1 saturated heterocycles. The molecule has 2 aliphatic rings. The van der Waals surface area contributed by atoms with Crippen LogP contribution < -0.4 is 10.2 Å². The van der Waals surface area contributed by atoms with E-state index in [0.29, 0.717) is 32.1 Å². The van der Waals surface area contributed by atoms with Gasteiger partial charge >= 0.3 is 0 Å². The molecule has 190 valence electrons. The molecule has 3 aromatic rings. The molecular weight excluding hydrogens is 463 g/mol. The third kappa shape index (κ3) is 4.88. The van der Waals surface area contributed by atoms with E-state index in [0.717, 1.165) is 44.5 Å². The molecule has 1 amide bonds. The summed E-state index contributed by atoms with van der Waals surface area (Å²) in [7, 11) is 0. The van der Waals surface area contributed by atoms with Crippen LogP contribution in [0, 0.1) is 5.82 Å². The van der Waals surface area contributed by atoms with E-state index in [1.807, 2.05) is 24.3 Å². The Morgan fingerprint density at radius 1 is 1.06 bits per heavy atom. The second-order valence-electron chi connectivity index (χ2n) is 9.30. The van der Waals surface area contributed by atoms with Crippen molar-refractivity contribution in [2.45, 2.75) is 32.2 Å². The molecule has 0 N–H and O–H groups in total. The number of hydrogen-bond donors (Lipinski definition) is 0. The normalized spacial score (nSPS) is 18.1. The fraction of sp³-hybridized carbons (Fsp3) is 0.429. The summed E-state index contributed by atoms with van der Waals surface area (Å²) in [6.07, 6.45) is 2.70. The van der Waals surface area contributed by atoms with E-state index >= 15 is 0 Å². The zero-order valence-corrected chi connectivity index (χ0v) is 20.5. The molecule has 8 heteroatoms. The quantitative estimate of drug-likeness (QED) is 0.411. The van der Waals surface area contributed by atoms with Crippen molar-refractivity contribution in [2.75, 3.05) is 46.0 Å². The van der Waals surface area contributed by atoms with Gasteiger partial charge in [-0.25, -0.2) is 4.39 Å². The monoisotopic (exact) mass is 494 g/mol. The molecule has 0 aliphatic carbocycles. The van der Waals surface area contributed by atoms with Crippen LogP contribution >= 0.6 is 0 Å². The van der Waals surface area contributed by atoms with Gasteiger partial charge in [-0.2, -0.15) is 0 Å². The van der Waals surface area contributed by atoms with Gasteiger partial charge in [0.2, 0.25) is 5.76 Å². The number of ether oxygens (including phenoxy) is 2. The summed E-state index contributed by atoms with van der Waals surface area (Å²) in [6.45, 7) is 7.13. The molecule has 1 aromatic heterocycles. The van der Waals surface area contributed by atoms with Crippen LogP contribution in [0.25, 0.3) is 11.0 Å². The summed E-state index contributed by atoms with van der Waals surface area (Å²) < 4.78 is 31.2. The van der Waals surface area contributed by atoms with Crippen LogP contribution in [0.15, 0.2) is 51.7 Å². The third-order valence-corrected chi connectivity index (χ3v) is 6.85. The van der Waals surface area contributed by atoms with Crippen LogP contribution in [0.1, 0.15) is 53.9 Å². The molecule has 2 aromatic carbocycles. The van der Waals surface area contributed by atoms with Gasteiger partial charge in [0.1, 0.15) is 17.1 Å². The fourth-order valence-electron chi connectivity index (χ4n) is 4.97. The summed E-state index contributed by atoms with van der Waals surface area (Å²) in [4.78, 5) is 31.2. The van der Waals surface area contributed by atoms with Gasteiger partial charge in [-0.05, 0) is 48.7 Å². The van der Waals surface area contributed by atoms with Crippen molar-refractivity contribution < 1.29 is 23.1 Å². The van der Waals surface area contributed by atoms with E-state index in [1.54, 1.807) is 4.90 Å². The van der Waals surface area contributed by atoms with Gasteiger partial charge in [0, 0.05) is 26.2 Å². The number of hydrogen-bond acceptors (Lipinski definition) is 6. The Morgan fingerprint density at radius 2 is 1.89 bits per heavy atom. The number of carbonyl (C=O) groups excluding carboxylic acids is 1. The first kappa shape index (κ1) is 24.5. The maximum absolute atomic E-state index is 14.0. The minimum absolute atomic E-state index is 0.0350. The topological polar surface area (TPSA) is 72.2 Å². The standard InChI is InChI=1S/C28H31FN2O5/c1-2-3-14-35-21-7-4-6-19(17-21)25-24-26(32)22-18-20(29)8-9-23(22)36-27(24)28(33)31(25)11-5-10-30-12-15-34-16-13-30/h4,6-9,17-18,25H,2-3,5,10-16H2,1H3. The average Bonchev–Trinajstić information content (AvgIpc) is 3.17. The highest BCUT2D eigenvalue weighted by molar-refractivity contribution is 5.99. The Hall–Kier alpha value is -3.23. The number of morpholine rings is 1. The number of carbonyl (C=O) groups is 1. The van der Waals surface area contributed by atoms with Gasteiger partial charge in [0.05, 0.1) is 36.8 Å². The molecule has 36 heavy (non-hydrogen) atoms. The van der Waals surface area contributed by atoms with E-state index in [2.05, 4.69) is 11.8 Å². The molecule has 1 fully saturated rings.